The predicted octanol–water partition coefficient (Wildman–Crippen LogP) is 5.19. The molecule has 1 rings (SSSR count). The quantitative estimate of drug-likeness (QED) is 0.223. The van der Waals surface area contributed by atoms with Crippen molar-refractivity contribution >= 4 is 23.9 Å². The van der Waals surface area contributed by atoms with Crippen molar-refractivity contribution in [3.63, 3.8) is 0 Å². The molecule has 0 saturated heterocycles. The van der Waals surface area contributed by atoms with Crippen molar-refractivity contribution in [3.8, 4) is 11.5 Å². The molecular formula is C30H47NO8. The Kier molecular flexibility index (Phi) is 13.6. The van der Waals surface area contributed by atoms with E-state index >= 15 is 0 Å². The summed E-state index contributed by atoms with van der Waals surface area (Å²) in [5, 5.41) is 9.74. The van der Waals surface area contributed by atoms with E-state index in [9.17, 15) is 24.3 Å². The summed E-state index contributed by atoms with van der Waals surface area (Å²) in [5.74, 6) is -4.44. The number of carbonyl (C=O) groups excluding carboxylic acids is 3. The molecule has 0 saturated carbocycles. The molecule has 0 bridgehead atoms. The summed E-state index contributed by atoms with van der Waals surface area (Å²) < 4.78 is 16.7. The minimum Gasteiger partial charge on any atom is -0.480 e. The average molecular weight is 550 g/mol. The van der Waals surface area contributed by atoms with Crippen LogP contribution in [0.15, 0.2) is 18.2 Å². The van der Waals surface area contributed by atoms with E-state index in [4.69, 9.17) is 19.9 Å². The highest BCUT2D eigenvalue weighted by Gasteiger charge is 2.33. The van der Waals surface area contributed by atoms with Gasteiger partial charge >= 0.3 is 23.9 Å². The van der Waals surface area contributed by atoms with Crippen LogP contribution in [0.1, 0.15) is 86.6 Å². The Bertz CT molecular complexity index is 989. The van der Waals surface area contributed by atoms with Crippen molar-refractivity contribution in [1.82, 2.24) is 0 Å². The summed E-state index contributed by atoms with van der Waals surface area (Å²) in [6.45, 7) is 16.7. The molecule has 1 aromatic carbocycles. The first-order chi connectivity index (χ1) is 18.1. The van der Waals surface area contributed by atoms with Crippen LogP contribution >= 0.6 is 0 Å². The number of aliphatic carboxylic acids is 1. The Labute approximate surface area is 232 Å². The van der Waals surface area contributed by atoms with Crippen molar-refractivity contribution in [3.05, 3.63) is 23.8 Å². The van der Waals surface area contributed by atoms with Gasteiger partial charge in [-0.2, -0.15) is 0 Å². The fraction of sp³-hybridized carbons (Fsp3) is 0.667. The predicted molar refractivity (Wildman–Crippen MR) is 148 cm³/mol. The molecule has 0 aliphatic carbocycles. The van der Waals surface area contributed by atoms with Crippen molar-refractivity contribution < 1.29 is 38.5 Å². The van der Waals surface area contributed by atoms with Crippen LogP contribution in [-0.4, -0.2) is 41.6 Å². The number of esters is 3. The number of rotatable bonds is 15. The lowest BCUT2D eigenvalue weighted by Gasteiger charge is -2.28. The average Bonchev–Trinajstić information content (AvgIpc) is 2.87. The van der Waals surface area contributed by atoms with Crippen LogP contribution < -0.4 is 15.2 Å². The smallest absolute Gasteiger partial charge is 0.321 e. The third-order valence-electron chi connectivity index (χ3n) is 7.52. The third-order valence-corrected chi connectivity index (χ3v) is 7.52. The maximum atomic E-state index is 12.8. The fourth-order valence-electron chi connectivity index (χ4n) is 3.70. The van der Waals surface area contributed by atoms with Gasteiger partial charge in [0.2, 0.25) is 0 Å². The number of hydrogen-bond acceptors (Lipinski definition) is 8. The first kappa shape index (κ1) is 34.1. The molecule has 0 aliphatic heterocycles. The van der Waals surface area contributed by atoms with Crippen LogP contribution in [0.3, 0.4) is 0 Å². The number of ether oxygens (including phenoxy) is 3. The number of carboxylic acid groups (broad SMARTS) is 1. The topological polar surface area (TPSA) is 142 Å². The van der Waals surface area contributed by atoms with Crippen molar-refractivity contribution in [2.45, 2.75) is 87.1 Å². The van der Waals surface area contributed by atoms with Gasteiger partial charge in [0.1, 0.15) is 6.04 Å². The third kappa shape index (κ3) is 10.3. The zero-order chi connectivity index (χ0) is 30.0. The van der Waals surface area contributed by atoms with Gasteiger partial charge in [0, 0.05) is 12.3 Å². The second-order valence-electron chi connectivity index (χ2n) is 11.4. The van der Waals surface area contributed by atoms with Gasteiger partial charge < -0.3 is 25.1 Å². The highest BCUT2D eigenvalue weighted by Crippen LogP contribution is 2.37. The summed E-state index contributed by atoms with van der Waals surface area (Å²) in [4.78, 5) is 49.7. The molecule has 0 radical (unpaired) electrons. The van der Waals surface area contributed by atoms with Gasteiger partial charge in [-0.1, -0.05) is 74.8 Å². The summed E-state index contributed by atoms with van der Waals surface area (Å²) in [6.07, 6.45) is 1.10. The molecule has 6 atom stereocenters. The molecule has 0 spiro atoms. The van der Waals surface area contributed by atoms with Crippen LogP contribution in [0.2, 0.25) is 0 Å². The molecule has 39 heavy (non-hydrogen) atoms. The largest absolute Gasteiger partial charge is 0.480 e. The van der Waals surface area contributed by atoms with E-state index in [0.29, 0.717) is 5.56 Å². The summed E-state index contributed by atoms with van der Waals surface area (Å²) in [6, 6.07) is 3.22. The molecule has 0 fully saturated rings. The Morgan fingerprint density at radius 3 is 1.82 bits per heavy atom. The lowest BCUT2D eigenvalue weighted by Crippen LogP contribution is -2.40. The molecular weight excluding hydrogens is 502 g/mol. The van der Waals surface area contributed by atoms with Crippen LogP contribution in [0.4, 0.5) is 0 Å². The fourth-order valence-corrected chi connectivity index (χ4v) is 3.70. The first-order valence-corrected chi connectivity index (χ1v) is 13.8. The Hall–Kier alpha value is -2.94. The molecule has 220 valence electrons. The number of carboxylic acids is 1. The van der Waals surface area contributed by atoms with E-state index < -0.39 is 47.6 Å². The summed E-state index contributed by atoms with van der Waals surface area (Å²) in [5.41, 5.74) is 6.55. The zero-order valence-electron chi connectivity index (χ0n) is 24.9. The highest BCUT2D eigenvalue weighted by molar-refractivity contribution is 5.79. The van der Waals surface area contributed by atoms with Crippen LogP contribution in [-0.2, 0) is 23.9 Å². The number of carbonyl (C=O) groups is 4. The van der Waals surface area contributed by atoms with Gasteiger partial charge in [-0.05, 0) is 41.4 Å². The summed E-state index contributed by atoms with van der Waals surface area (Å²) >= 11 is 0. The normalized spacial score (nSPS) is 16.1. The van der Waals surface area contributed by atoms with Crippen LogP contribution in [0.25, 0.3) is 0 Å². The maximum Gasteiger partial charge on any atom is 0.321 e. The Morgan fingerprint density at radius 1 is 0.846 bits per heavy atom. The number of hydrogen-bond donors (Lipinski definition) is 2. The molecule has 0 amide bonds. The first-order valence-electron chi connectivity index (χ1n) is 13.8. The maximum absolute atomic E-state index is 12.8. The van der Waals surface area contributed by atoms with E-state index in [0.717, 1.165) is 6.42 Å². The van der Waals surface area contributed by atoms with Crippen LogP contribution in [0, 0.1) is 35.5 Å². The van der Waals surface area contributed by atoms with E-state index in [1.807, 2.05) is 41.5 Å². The standard InChI is InChI=1S/C30H47NO8/c1-10-18(6)13-25(32)37-15-19(7)26(27(31)28(33)34)22-11-12-23(38-29(35)20(8)16(2)3)24(14-22)39-30(36)21(9)17(4)5/h11-12,14,16-21,26-27H,10,13,15,31H2,1-9H3,(H,33,34)/t18?,19?,20?,21?,26?,27-/m0/s1. The van der Waals surface area contributed by atoms with E-state index in [1.54, 1.807) is 26.8 Å². The molecule has 0 aromatic heterocycles. The molecule has 0 heterocycles. The highest BCUT2D eigenvalue weighted by atomic mass is 16.6. The van der Waals surface area contributed by atoms with Gasteiger partial charge in [0.15, 0.2) is 11.5 Å². The molecule has 5 unspecified atom stereocenters. The minimum atomic E-state index is -1.33. The monoisotopic (exact) mass is 549 g/mol. The molecule has 1 aromatic rings. The second kappa shape index (κ2) is 15.6. The van der Waals surface area contributed by atoms with Gasteiger partial charge in [-0.25, -0.2) is 0 Å². The van der Waals surface area contributed by atoms with Gasteiger partial charge in [0.05, 0.1) is 18.4 Å². The summed E-state index contributed by atoms with van der Waals surface area (Å²) in [7, 11) is 0. The second-order valence-corrected chi connectivity index (χ2v) is 11.4. The van der Waals surface area contributed by atoms with Gasteiger partial charge in [0.25, 0.3) is 0 Å². The van der Waals surface area contributed by atoms with Crippen molar-refractivity contribution in [2.75, 3.05) is 6.61 Å². The van der Waals surface area contributed by atoms with Crippen molar-refractivity contribution in [1.29, 1.82) is 0 Å². The van der Waals surface area contributed by atoms with Gasteiger partial charge in [-0.3, -0.25) is 19.2 Å². The number of benzene rings is 1. The zero-order valence-corrected chi connectivity index (χ0v) is 24.9. The lowest BCUT2D eigenvalue weighted by atomic mass is 9.82. The Morgan fingerprint density at radius 2 is 1.36 bits per heavy atom. The van der Waals surface area contributed by atoms with Crippen LogP contribution in [0.5, 0.6) is 11.5 Å². The minimum absolute atomic E-state index is 0.00198. The SMILES string of the molecule is CCC(C)CC(=O)OCC(C)C(c1ccc(OC(=O)C(C)C(C)C)c(OC(=O)C(C)C(C)C)c1)[C@H](N)C(=O)O. The molecule has 0 aliphatic rings. The van der Waals surface area contributed by atoms with E-state index in [-0.39, 0.29) is 48.2 Å². The Balaban J connectivity index is 3.43. The molecule has 3 N–H and O–H groups in total. The molecule has 9 nitrogen and oxygen atoms in total. The van der Waals surface area contributed by atoms with Crippen molar-refractivity contribution in [2.24, 2.45) is 41.2 Å². The lowest BCUT2D eigenvalue weighted by molar-refractivity contribution is -0.146. The van der Waals surface area contributed by atoms with E-state index in [1.165, 1.54) is 12.1 Å². The van der Waals surface area contributed by atoms with Gasteiger partial charge in [-0.15, -0.1) is 0 Å². The molecule has 9 heteroatoms. The number of nitrogens with two attached hydrogens (primary N) is 1. The van der Waals surface area contributed by atoms with E-state index in [2.05, 4.69) is 0 Å².